The van der Waals surface area contributed by atoms with E-state index in [0.29, 0.717) is 31.9 Å². The van der Waals surface area contributed by atoms with E-state index in [1.807, 2.05) is 41.3 Å². The number of benzene rings is 4. The third-order valence-corrected chi connectivity index (χ3v) is 9.06. The zero-order valence-electron chi connectivity index (χ0n) is 24.9. The van der Waals surface area contributed by atoms with E-state index in [2.05, 4.69) is 71.6 Å². The number of rotatable bonds is 8. The van der Waals surface area contributed by atoms with Gasteiger partial charge in [-0.1, -0.05) is 97.1 Å². The van der Waals surface area contributed by atoms with Gasteiger partial charge in [0.05, 0.1) is 13.2 Å². The van der Waals surface area contributed by atoms with Gasteiger partial charge in [-0.25, -0.2) is 0 Å². The van der Waals surface area contributed by atoms with Crippen LogP contribution in [0.2, 0.25) is 0 Å². The van der Waals surface area contributed by atoms with Crippen molar-refractivity contribution in [1.29, 1.82) is 0 Å². The first-order chi connectivity index (χ1) is 21.6. The minimum Gasteiger partial charge on any atom is -0.459 e. The number of carbonyl (C=O) groups excluding carboxylic acids is 1. The maximum absolute atomic E-state index is 13.9. The molecule has 224 valence electrons. The van der Waals surface area contributed by atoms with Crippen LogP contribution in [0.3, 0.4) is 0 Å². The van der Waals surface area contributed by atoms with Gasteiger partial charge in [0.15, 0.2) is 5.76 Å². The second kappa shape index (κ2) is 12.8. The molecule has 0 spiro atoms. The first-order valence-electron chi connectivity index (χ1n) is 15.6. The van der Waals surface area contributed by atoms with E-state index in [-0.39, 0.29) is 18.4 Å². The molecule has 0 saturated carbocycles. The Bertz CT molecular complexity index is 1640. The molecule has 6 nitrogen and oxygen atoms in total. The van der Waals surface area contributed by atoms with Crippen molar-refractivity contribution in [2.45, 2.75) is 44.8 Å². The minimum atomic E-state index is -0.550. The lowest BCUT2D eigenvalue weighted by atomic mass is 9.90. The van der Waals surface area contributed by atoms with Crippen LogP contribution in [-0.2, 0) is 40.4 Å². The number of aliphatic hydroxyl groups is 1. The summed E-state index contributed by atoms with van der Waals surface area (Å²) in [5.41, 5.74) is 9.62. The van der Waals surface area contributed by atoms with Crippen LogP contribution >= 0.6 is 0 Å². The second-order valence-electron chi connectivity index (χ2n) is 12.0. The molecular weight excluding hydrogens is 548 g/mol. The van der Waals surface area contributed by atoms with Gasteiger partial charge in [-0.05, 0) is 57.0 Å². The highest BCUT2D eigenvalue weighted by Gasteiger charge is 2.33. The smallest absolute Gasteiger partial charge is 0.288 e. The van der Waals surface area contributed by atoms with Crippen molar-refractivity contribution >= 4 is 5.91 Å². The Morgan fingerprint density at radius 2 is 1.52 bits per heavy atom. The molecule has 2 aliphatic heterocycles. The fourth-order valence-corrected chi connectivity index (χ4v) is 6.58. The van der Waals surface area contributed by atoms with Crippen LogP contribution in [0.25, 0.3) is 11.1 Å². The summed E-state index contributed by atoms with van der Waals surface area (Å²) >= 11 is 0. The zero-order chi connectivity index (χ0) is 29.9. The van der Waals surface area contributed by atoms with Gasteiger partial charge < -0.3 is 19.5 Å². The predicted octanol–water partition coefficient (Wildman–Crippen LogP) is 6.03. The van der Waals surface area contributed by atoms with E-state index in [4.69, 9.17) is 9.47 Å². The third kappa shape index (κ3) is 6.20. The number of fused-ring (bicyclic) bond motifs is 3. The molecule has 4 aromatic carbocycles. The highest BCUT2D eigenvalue weighted by atomic mass is 16.7. The maximum Gasteiger partial charge on any atom is 0.288 e. The van der Waals surface area contributed by atoms with Crippen molar-refractivity contribution in [3.63, 3.8) is 0 Å². The van der Waals surface area contributed by atoms with Crippen molar-refractivity contribution in [1.82, 2.24) is 9.80 Å². The quantitative estimate of drug-likeness (QED) is 0.241. The van der Waals surface area contributed by atoms with Crippen molar-refractivity contribution in [3.05, 3.63) is 142 Å². The lowest BCUT2D eigenvalue weighted by Gasteiger charge is -2.36. The number of nitrogens with zero attached hydrogens (tertiary/aromatic N) is 2. The van der Waals surface area contributed by atoms with E-state index in [0.717, 1.165) is 37.2 Å². The van der Waals surface area contributed by atoms with Gasteiger partial charge in [-0.15, -0.1) is 0 Å². The van der Waals surface area contributed by atoms with Gasteiger partial charge in [-0.3, -0.25) is 9.69 Å². The molecule has 1 aliphatic carbocycles. The minimum absolute atomic E-state index is 0.00199. The number of hydrogen-bond donors (Lipinski definition) is 1. The fourth-order valence-electron chi connectivity index (χ4n) is 6.58. The second-order valence-corrected chi connectivity index (χ2v) is 12.0. The Morgan fingerprint density at radius 1 is 0.795 bits per heavy atom. The molecule has 2 atom stereocenters. The van der Waals surface area contributed by atoms with Crippen molar-refractivity contribution in [2.24, 2.45) is 0 Å². The lowest BCUT2D eigenvalue weighted by molar-refractivity contribution is -0.157. The summed E-state index contributed by atoms with van der Waals surface area (Å²) in [6, 6.07) is 33.5. The van der Waals surface area contributed by atoms with Crippen LogP contribution in [-0.4, -0.2) is 53.3 Å². The number of piperazine rings is 1. The van der Waals surface area contributed by atoms with Gasteiger partial charge in [-0.2, -0.15) is 0 Å². The summed E-state index contributed by atoms with van der Waals surface area (Å²) in [5.74, 6) is 0.309. The molecule has 3 aliphatic rings. The molecule has 1 N–H and O–H groups in total. The molecule has 2 heterocycles. The normalized spacial score (nSPS) is 19.6. The summed E-state index contributed by atoms with van der Waals surface area (Å²) in [4.78, 5) is 18.2. The van der Waals surface area contributed by atoms with Gasteiger partial charge >= 0.3 is 0 Å². The lowest BCUT2D eigenvalue weighted by Crippen LogP contribution is -2.49. The van der Waals surface area contributed by atoms with Crippen LogP contribution in [0.4, 0.5) is 0 Å². The zero-order valence-corrected chi connectivity index (χ0v) is 24.9. The molecule has 0 bridgehead atoms. The SMILES string of the molecule is O=C(C1=C[C@@H](c2ccc3c(c2)Cc2ccccc2-3)C[C@@H](OCc2ccc(CO)cc2)O1)N1CCN(Cc2ccccc2)CC1. The van der Waals surface area contributed by atoms with Crippen LogP contribution in [0, 0.1) is 0 Å². The van der Waals surface area contributed by atoms with Gasteiger partial charge in [0, 0.05) is 45.1 Å². The highest BCUT2D eigenvalue weighted by Crippen LogP contribution is 2.40. The number of allylic oxidation sites excluding steroid dienone is 1. The van der Waals surface area contributed by atoms with Crippen LogP contribution in [0.15, 0.2) is 109 Å². The van der Waals surface area contributed by atoms with Gasteiger partial charge in [0.2, 0.25) is 6.29 Å². The number of aliphatic hydroxyl groups excluding tert-OH is 1. The Kier molecular flexibility index (Phi) is 8.29. The largest absolute Gasteiger partial charge is 0.459 e. The van der Waals surface area contributed by atoms with E-state index in [1.165, 1.54) is 33.4 Å². The monoisotopic (exact) mass is 586 g/mol. The number of amides is 1. The number of ether oxygens (including phenoxy) is 2. The number of carbonyl (C=O) groups is 1. The first-order valence-corrected chi connectivity index (χ1v) is 15.6. The molecular formula is C38H38N2O4. The predicted molar refractivity (Wildman–Crippen MR) is 170 cm³/mol. The van der Waals surface area contributed by atoms with Gasteiger partial charge in [0.25, 0.3) is 5.91 Å². The topological polar surface area (TPSA) is 62.2 Å². The third-order valence-electron chi connectivity index (χ3n) is 9.06. The van der Waals surface area contributed by atoms with E-state index in [1.54, 1.807) is 0 Å². The van der Waals surface area contributed by atoms with E-state index < -0.39 is 6.29 Å². The number of hydrogen-bond acceptors (Lipinski definition) is 5. The molecule has 44 heavy (non-hydrogen) atoms. The van der Waals surface area contributed by atoms with Gasteiger partial charge in [0.1, 0.15) is 0 Å². The average Bonchev–Trinajstić information content (AvgIpc) is 3.46. The van der Waals surface area contributed by atoms with E-state index in [9.17, 15) is 9.90 Å². The Hall–Kier alpha value is -4.23. The molecule has 0 aromatic heterocycles. The molecule has 0 radical (unpaired) electrons. The van der Waals surface area contributed by atoms with Crippen LogP contribution in [0.5, 0.6) is 0 Å². The maximum atomic E-state index is 13.9. The summed E-state index contributed by atoms with van der Waals surface area (Å²) < 4.78 is 12.6. The van der Waals surface area contributed by atoms with E-state index >= 15 is 0 Å². The van der Waals surface area contributed by atoms with Crippen LogP contribution < -0.4 is 0 Å². The summed E-state index contributed by atoms with van der Waals surface area (Å²) in [5, 5.41) is 9.38. The molecule has 7 rings (SSSR count). The Labute approximate surface area is 259 Å². The van der Waals surface area contributed by atoms with Crippen molar-refractivity contribution in [2.75, 3.05) is 26.2 Å². The first kappa shape index (κ1) is 28.5. The molecule has 1 saturated heterocycles. The average molecular weight is 587 g/mol. The fraction of sp³-hybridized carbons (Fsp3) is 0.289. The Balaban J connectivity index is 1.08. The molecule has 4 aromatic rings. The molecule has 0 unspecified atom stereocenters. The highest BCUT2D eigenvalue weighted by molar-refractivity contribution is 5.92. The standard InChI is InChI=1S/C38H38N2O4/c41-25-28-10-12-29(13-11-28)26-43-37-23-32(30-14-15-35-33(20-30)21-31-8-4-5-9-34(31)35)22-36(44-37)38(42)40-18-16-39(17-19-40)24-27-6-2-1-3-7-27/h1-15,20,22,32,37,41H,16-19,21,23-26H2/t32-,37+/m1/s1. The van der Waals surface area contributed by atoms with Crippen molar-refractivity contribution < 1.29 is 19.4 Å². The summed E-state index contributed by atoms with van der Waals surface area (Å²) in [7, 11) is 0. The molecule has 1 amide bonds. The van der Waals surface area contributed by atoms with Crippen molar-refractivity contribution in [3.8, 4) is 11.1 Å². The summed E-state index contributed by atoms with van der Waals surface area (Å²) in [6.07, 6.45) is 3.02. The summed E-state index contributed by atoms with van der Waals surface area (Å²) in [6.45, 7) is 4.24. The Morgan fingerprint density at radius 3 is 2.32 bits per heavy atom. The van der Waals surface area contributed by atoms with Crippen LogP contribution in [0.1, 0.15) is 45.7 Å². The molecule has 6 heteroatoms. The molecule has 1 fully saturated rings.